The van der Waals surface area contributed by atoms with E-state index in [9.17, 15) is 19.8 Å². The molecule has 0 spiro atoms. The van der Waals surface area contributed by atoms with Crippen molar-refractivity contribution in [1.29, 1.82) is 0 Å². The molecule has 1 saturated heterocycles. The third-order valence-corrected chi connectivity index (χ3v) is 2.03. The molecule has 0 radical (unpaired) electrons. The second-order valence-corrected chi connectivity index (χ2v) is 2.87. The Balaban J connectivity index is 0. The minimum atomic E-state index is -1.17. The molecule has 0 bridgehead atoms. The van der Waals surface area contributed by atoms with Crippen LogP contribution in [0.5, 0.6) is 0 Å². The number of carboxylic acid groups (broad SMARTS) is 2. The first-order chi connectivity index (χ1) is 5.61. The minimum Gasteiger partial charge on any atom is -0.550 e. The molecule has 1 N–H and O–H groups in total. The minimum absolute atomic E-state index is 0. The van der Waals surface area contributed by atoms with Crippen LogP contribution >= 0.6 is 0 Å². The topological polar surface area (TPSA) is 92.3 Å². The summed E-state index contributed by atoms with van der Waals surface area (Å²) in [6.07, 6.45) is 0.634. The second-order valence-electron chi connectivity index (χ2n) is 2.87. The molecule has 14 heavy (non-hydrogen) atoms. The number of piperidine rings is 1. The molecule has 1 rings (SSSR count). The fourth-order valence-corrected chi connectivity index (χ4v) is 1.26. The maximum atomic E-state index is 10.3. The van der Waals surface area contributed by atoms with E-state index in [-0.39, 0.29) is 65.7 Å². The van der Waals surface area contributed by atoms with Crippen molar-refractivity contribution in [2.24, 2.45) is 5.92 Å². The summed E-state index contributed by atoms with van der Waals surface area (Å²) in [5.41, 5.74) is 0. The Bertz CT molecular complexity index is 182. The molecule has 5 nitrogen and oxygen atoms in total. The third-order valence-electron chi connectivity index (χ3n) is 2.03. The van der Waals surface area contributed by atoms with Gasteiger partial charge in [-0.15, -0.1) is 0 Å². The van der Waals surface area contributed by atoms with Crippen LogP contribution in [-0.2, 0) is 9.59 Å². The van der Waals surface area contributed by atoms with Crippen molar-refractivity contribution in [2.75, 3.05) is 6.54 Å². The normalized spacial score (nSPS) is 25.4. The smallest absolute Gasteiger partial charge is 0.550 e. The Morgan fingerprint density at radius 2 is 1.64 bits per heavy atom. The molecular formula is C7H9NNa2O4. The predicted molar refractivity (Wildman–Crippen MR) is 34.5 cm³/mol. The fourth-order valence-electron chi connectivity index (χ4n) is 1.26. The van der Waals surface area contributed by atoms with Crippen LogP contribution in [0.25, 0.3) is 0 Å². The summed E-state index contributed by atoms with van der Waals surface area (Å²) in [7, 11) is 0. The summed E-state index contributed by atoms with van der Waals surface area (Å²) in [5, 5.41) is 23.2. The summed E-state index contributed by atoms with van der Waals surface area (Å²) >= 11 is 0. The summed E-state index contributed by atoms with van der Waals surface area (Å²) in [5.74, 6) is -2.87. The van der Waals surface area contributed by atoms with E-state index < -0.39 is 23.9 Å². The van der Waals surface area contributed by atoms with Crippen molar-refractivity contribution < 1.29 is 78.9 Å². The van der Waals surface area contributed by atoms with Crippen LogP contribution < -0.4 is 74.6 Å². The molecule has 1 heterocycles. The average molecular weight is 217 g/mol. The molecule has 0 aromatic carbocycles. The summed E-state index contributed by atoms with van der Waals surface area (Å²) in [6, 6.07) is -0.708. The zero-order valence-corrected chi connectivity index (χ0v) is 12.4. The van der Waals surface area contributed by atoms with Gasteiger partial charge in [0.2, 0.25) is 0 Å². The van der Waals surface area contributed by atoms with Gasteiger partial charge in [-0.05, 0) is 12.8 Å². The van der Waals surface area contributed by atoms with Crippen molar-refractivity contribution in [3.8, 4) is 0 Å². The van der Waals surface area contributed by atoms with Crippen molar-refractivity contribution in [2.45, 2.75) is 18.9 Å². The predicted octanol–water partition coefficient (Wildman–Crippen LogP) is -9.14. The molecule has 2 unspecified atom stereocenters. The molecule has 1 aliphatic rings. The molecule has 1 aliphatic heterocycles. The molecule has 1 fully saturated rings. The Labute approximate surface area is 126 Å². The van der Waals surface area contributed by atoms with Gasteiger partial charge in [0.15, 0.2) is 0 Å². The molecule has 2 atom stereocenters. The number of carbonyl (C=O) groups is 2. The molecule has 0 aromatic heterocycles. The van der Waals surface area contributed by atoms with E-state index in [2.05, 4.69) is 5.32 Å². The van der Waals surface area contributed by atoms with E-state index in [0.717, 1.165) is 0 Å². The number of carboxylic acids is 2. The van der Waals surface area contributed by atoms with Gasteiger partial charge in [-0.2, -0.15) is 0 Å². The van der Waals surface area contributed by atoms with Crippen LogP contribution in [-0.4, -0.2) is 24.5 Å². The van der Waals surface area contributed by atoms with Crippen LogP contribution in [0.15, 0.2) is 0 Å². The van der Waals surface area contributed by atoms with E-state index in [1.165, 1.54) is 0 Å². The van der Waals surface area contributed by atoms with Gasteiger partial charge in [0, 0.05) is 24.5 Å². The van der Waals surface area contributed by atoms with Crippen molar-refractivity contribution in [3.63, 3.8) is 0 Å². The molecule has 0 aromatic rings. The second kappa shape index (κ2) is 8.10. The number of hydrogen-bond acceptors (Lipinski definition) is 5. The van der Waals surface area contributed by atoms with Crippen LogP contribution in [0.1, 0.15) is 12.8 Å². The Hall–Kier alpha value is 0.900. The number of carbonyl (C=O) groups excluding carboxylic acids is 2. The zero-order valence-electron chi connectivity index (χ0n) is 8.41. The van der Waals surface area contributed by atoms with Crippen molar-refractivity contribution in [1.82, 2.24) is 5.32 Å². The van der Waals surface area contributed by atoms with Crippen LogP contribution in [0.3, 0.4) is 0 Å². The maximum absolute atomic E-state index is 10.3. The zero-order chi connectivity index (χ0) is 9.14. The molecular weight excluding hydrogens is 208 g/mol. The average Bonchev–Trinajstić information content (AvgIpc) is 2.04. The Morgan fingerprint density at radius 3 is 1.93 bits per heavy atom. The van der Waals surface area contributed by atoms with Crippen molar-refractivity contribution in [3.05, 3.63) is 0 Å². The van der Waals surface area contributed by atoms with Gasteiger partial charge >= 0.3 is 59.1 Å². The van der Waals surface area contributed by atoms with Gasteiger partial charge < -0.3 is 25.1 Å². The summed E-state index contributed by atoms with van der Waals surface area (Å²) in [6.45, 7) is 0.154. The van der Waals surface area contributed by atoms with Crippen LogP contribution in [0, 0.1) is 5.92 Å². The number of nitrogens with one attached hydrogen (secondary N) is 1. The first-order valence-electron chi connectivity index (χ1n) is 3.76. The Kier molecular flexibility index (Phi) is 10.0. The number of hydrogen-bond donors (Lipinski definition) is 1. The molecule has 68 valence electrons. The van der Waals surface area contributed by atoms with Crippen LogP contribution in [0.4, 0.5) is 0 Å². The SMILES string of the molecule is O=C([O-])C1CCC(C(=O)[O-])NC1.[Na+].[Na+]. The van der Waals surface area contributed by atoms with Crippen LogP contribution in [0.2, 0.25) is 0 Å². The van der Waals surface area contributed by atoms with Gasteiger partial charge in [-0.1, -0.05) is 0 Å². The quantitative estimate of drug-likeness (QED) is 0.464. The van der Waals surface area contributed by atoms with Gasteiger partial charge in [-0.3, -0.25) is 0 Å². The van der Waals surface area contributed by atoms with E-state index in [4.69, 9.17) is 0 Å². The van der Waals surface area contributed by atoms with E-state index in [1.807, 2.05) is 0 Å². The molecule has 0 aliphatic carbocycles. The third kappa shape index (κ3) is 5.11. The number of rotatable bonds is 2. The molecule has 0 saturated carbocycles. The number of aliphatic carboxylic acids is 2. The van der Waals surface area contributed by atoms with Gasteiger partial charge in [-0.25, -0.2) is 0 Å². The van der Waals surface area contributed by atoms with Gasteiger partial charge in [0.25, 0.3) is 0 Å². The Morgan fingerprint density at radius 1 is 1.07 bits per heavy atom. The van der Waals surface area contributed by atoms with Gasteiger partial charge in [0.05, 0.1) is 5.97 Å². The molecule has 0 amide bonds. The first kappa shape index (κ1) is 17.3. The summed E-state index contributed by atoms with van der Waals surface area (Å²) in [4.78, 5) is 20.6. The first-order valence-corrected chi connectivity index (χ1v) is 3.76. The maximum Gasteiger partial charge on any atom is 1.00 e. The van der Waals surface area contributed by atoms with E-state index in [0.29, 0.717) is 12.8 Å². The molecule has 7 heteroatoms. The fraction of sp³-hybridized carbons (Fsp3) is 0.714. The standard InChI is InChI=1S/C7H11NO4.2Na/c9-6(10)4-1-2-5(7(11)12)8-3-4;;/h4-5,8H,1-3H2,(H,9,10)(H,11,12);;/q;2*+1/p-2. The van der Waals surface area contributed by atoms with E-state index >= 15 is 0 Å². The largest absolute Gasteiger partial charge is 1.00 e. The monoisotopic (exact) mass is 217 g/mol. The van der Waals surface area contributed by atoms with Gasteiger partial charge in [0.1, 0.15) is 0 Å². The van der Waals surface area contributed by atoms with E-state index in [1.54, 1.807) is 0 Å². The summed E-state index contributed by atoms with van der Waals surface area (Å²) < 4.78 is 0. The van der Waals surface area contributed by atoms with Crippen molar-refractivity contribution >= 4 is 11.9 Å².